The van der Waals surface area contributed by atoms with Crippen molar-refractivity contribution in [3.05, 3.63) is 88.0 Å². The van der Waals surface area contributed by atoms with Gasteiger partial charge in [-0.3, -0.25) is 9.52 Å². The maximum atomic E-state index is 13.0. The van der Waals surface area contributed by atoms with E-state index in [0.29, 0.717) is 16.9 Å². The van der Waals surface area contributed by atoms with Crippen molar-refractivity contribution in [1.82, 2.24) is 0 Å². The highest BCUT2D eigenvalue weighted by molar-refractivity contribution is 7.92. The van der Waals surface area contributed by atoms with Gasteiger partial charge in [-0.25, -0.2) is 8.42 Å². The predicted octanol–water partition coefficient (Wildman–Crippen LogP) is 5.28. The summed E-state index contributed by atoms with van der Waals surface area (Å²) in [5, 5.41) is 2.85. The normalized spacial score (nSPS) is 11.2. The van der Waals surface area contributed by atoms with Crippen molar-refractivity contribution in [2.45, 2.75) is 39.5 Å². The molecule has 30 heavy (non-hydrogen) atoms. The summed E-state index contributed by atoms with van der Waals surface area (Å²) in [7, 11) is -3.85. The van der Waals surface area contributed by atoms with Crippen molar-refractivity contribution < 1.29 is 13.2 Å². The molecule has 0 aromatic heterocycles. The first-order valence-electron chi connectivity index (χ1n) is 9.65. The van der Waals surface area contributed by atoms with Crippen LogP contribution in [-0.4, -0.2) is 14.3 Å². The van der Waals surface area contributed by atoms with E-state index in [2.05, 4.69) is 10.0 Å². The Morgan fingerprint density at radius 1 is 0.700 bits per heavy atom. The van der Waals surface area contributed by atoms with Crippen LogP contribution in [0.4, 0.5) is 11.4 Å². The van der Waals surface area contributed by atoms with Crippen LogP contribution in [0.1, 0.15) is 38.2 Å². The highest BCUT2D eigenvalue weighted by atomic mass is 32.2. The summed E-state index contributed by atoms with van der Waals surface area (Å²) in [6, 6.07) is 15.8. The number of amides is 1. The Balaban J connectivity index is 1.89. The summed E-state index contributed by atoms with van der Waals surface area (Å²) in [6.07, 6.45) is 0. The zero-order valence-electron chi connectivity index (χ0n) is 17.8. The number of aryl methyl sites for hydroxylation is 5. The fraction of sp³-hybridized carbons (Fsp3) is 0.208. The largest absolute Gasteiger partial charge is 0.322 e. The van der Waals surface area contributed by atoms with Crippen molar-refractivity contribution in [2.75, 3.05) is 10.0 Å². The van der Waals surface area contributed by atoms with Gasteiger partial charge in [-0.05, 0) is 98.8 Å². The molecule has 0 atom stereocenters. The van der Waals surface area contributed by atoms with Crippen LogP contribution in [0, 0.1) is 34.6 Å². The standard InChI is InChI=1S/C24H26N2O3S/c1-15-10-16(2)12-22(11-15)25-24(27)20-8-6-18(4)23(14-20)30(28,29)26-21-9-7-17(3)19(5)13-21/h6-14,26H,1-5H3,(H,25,27). The Hall–Kier alpha value is -3.12. The van der Waals surface area contributed by atoms with Crippen molar-refractivity contribution in [3.63, 3.8) is 0 Å². The van der Waals surface area contributed by atoms with E-state index >= 15 is 0 Å². The number of carbonyl (C=O) groups excluding carboxylic acids is 1. The van der Waals surface area contributed by atoms with Crippen LogP contribution in [0.25, 0.3) is 0 Å². The van der Waals surface area contributed by atoms with Gasteiger partial charge in [0.1, 0.15) is 0 Å². The van der Waals surface area contributed by atoms with Crippen molar-refractivity contribution >= 4 is 27.3 Å². The number of hydrogen-bond donors (Lipinski definition) is 2. The molecule has 0 saturated carbocycles. The fourth-order valence-electron chi connectivity index (χ4n) is 3.30. The molecule has 0 aliphatic carbocycles. The summed E-state index contributed by atoms with van der Waals surface area (Å²) in [5.74, 6) is -0.359. The highest BCUT2D eigenvalue weighted by Gasteiger charge is 2.20. The summed E-state index contributed by atoms with van der Waals surface area (Å²) in [6.45, 7) is 9.52. The first-order valence-corrected chi connectivity index (χ1v) is 11.1. The maximum absolute atomic E-state index is 13.0. The van der Waals surface area contributed by atoms with E-state index in [0.717, 1.165) is 22.3 Å². The van der Waals surface area contributed by atoms with Crippen LogP contribution in [0.5, 0.6) is 0 Å². The average Bonchev–Trinajstić information content (AvgIpc) is 2.63. The molecular formula is C24H26N2O3S. The van der Waals surface area contributed by atoms with Crippen LogP contribution in [0.3, 0.4) is 0 Å². The SMILES string of the molecule is Cc1cc(C)cc(NC(=O)c2ccc(C)c(S(=O)(=O)Nc3ccc(C)c(C)c3)c2)c1. The third-order valence-electron chi connectivity index (χ3n) is 4.98. The van der Waals surface area contributed by atoms with E-state index in [1.54, 1.807) is 31.2 Å². The van der Waals surface area contributed by atoms with E-state index < -0.39 is 10.0 Å². The molecule has 5 nitrogen and oxygen atoms in total. The minimum Gasteiger partial charge on any atom is -0.322 e. The molecule has 3 aromatic carbocycles. The smallest absolute Gasteiger partial charge is 0.262 e. The third-order valence-corrected chi connectivity index (χ3v) is 6.50. The molecule has 0 unspecified atom stereocenters. The summed E-state index contributed by atoms with van der Waals surface area (Å²) >= 11 is 0. The molecule has 0 aliphatic rings. The molecule has 1 amide bonds. The summed E-state index contributed by atoms with van der Waals surface area (Å²) in [4.78, 5) is 12.8. The fourth-order valence-corrected chi connectivity index (χ4v) is 4.62. The Labute approximate surface area is 178 Å². The third kappa shape index (κ3) is 4.89. The number of nitrogens with one attached hydrogen (secondary N) is 2. The molecule has 0 aliphatic heterocycles. The minimum atomic E-state index is -3.85. The van der Waals surface area contributed by atoms with E-state index in [4.69, 9.17) is 0 Å². The summed E-state index contributed by atoms with van der Waals surface area (Å²) in [5.41, 5.74) is 6.16. The van der Waals surface area contributed by atoms with Crippen LogP contribution < -0.4 is 10.0 Å². The lowest BCUT2D eigenvalue weighted by Crippen LogP contribution is -2.17. The molecule has 0 radical (unpaired) electrons. The zero-order valence-corrected chi connectivity index (χ0v) is 18.6. The Kier molecular flexibility index (Phi) is 5.99. The Morgan fingerprint density at radius 2 is 1.33 bits per heavy atom. The van der Waals surface area contributed by atoms with E-state index in [-0.39, 0.29) is 16.4 Å². The van der Waals surface area contributed by atoms with Crippen molar-refractivity contribution in [2.24, 2.45) is 0 Å². The second-order valence-electron chi connectivity index (χ2n) is 7.72. The number of rotatable bonds is 5. The van der Waals surface area contributed by atoms with Crippen LogP contribution in [-0.2, 0) is 10.0 Å². The lowest BCUT2D eigenvalue weighted by Gasteiger charge is -2.13. The predicted molar refractivity (Wildman–Crippen MR) is 122 cm³/mol. The van der Waals surface area contributed by atoms with Gasteiger partial charge in [-0.15, -0.1) is 0 Å². The van der Waals surface area contributed by atoms with Gasteiger partial charge < -0.3 is 5.32 Å². The monoisotopic (exact) mass is 422 g/mol. The molecule has 0 heterocycles. The topological polar surface area (TPSA) is 75.3 Å². The molecule has 0 fully saturated rings. The quantitative estimate of drug-likeness (QED) is 0.587. The van der Waals surface area contributed by atoms with Gasteiger partial charge in [0.05, 0.1) is 4.90 Å². The van der Waals surface area contributed by atoms with Gasteiger partial charge in [0.2, 0.25) is 0 Å². The van der Waals surface area contributed by atoms with Gasteiger partial charge in [-0.1, -0.05) is 18.2 Å². The first-order chi connectivity index (χ1) is 14.0. The van der Waals surface area contributed by atoms with Crippen molar-refractivity contribution in [3.8, 4) is 0 Å². The Morgan fingerprint density at radius 3 is 1.97 bits per heavy atom. The maximum Gasteiger partial charge on any atom is 0.262 e. The molecule has 6 heteroatoms. The van der Waals surface area contributed by atoms with E-state index in [1.165, 1.54) is 6.07 Å². The molecule has 0 bridgehead atoms. The van der Waals surface area contributed by atoms with Gasteiger partial charge >= 0.3 is 0 Å². The van der Waals surface area contributed by atoms with Crippen LogP contribution >= 0.6 is 0 Å². The number of hydrogen-bond acceptors (Lipinski definition) is 3. The molecule has 3 rings (SSSR count). The van der Waals surface area contributed by atoms with Crippen LogP contribution in [0.15, 0.2) is 59.5 Å². The average molecular weight is 423 g/mol. The number of anilines is 2. The van der Waals surface area contributed by atoms with E-state index in [1.807, 2.05) is 52.0 Å². The molecule has 0 saturated heterocycles. The lowest BCUT2D eigenvalue weighted by atomic mass is 10.1. The van der Waals surface area contributed by atoms with Gasteiger partial charge in [0.25, 0.3) is 15.9 Å². The van der Waals surface area contributed by atoms with Gasteiger partial charge in [0, 0.05) is 16.9 Å². The zero-order chi connectivity index (χ0) is 22.1. The molecule has 156 valence electrons. The lowest BCUT2D eigenvalue weighted by molar-refractivity contribution is 0.102. The molecule has 2 N–H and O–H groups in total. The Bertz CT molecular complexity index is 1210. The molecule has 3 aromatic rings. The molecule has 0 spiro atoms. The highest BCUT2D eigenvalue weighted by Crippen LogP contribution is 2.23. The van der Waals surface area contributed by atoms with Crippen molar-refractivity contribution in [1.29, 1.82) is 0 Å². The van der Waals surface area contributed by atoms with E-state index in [9.17, 15) is 13.2 Å². The minimum absolute atomic E-state index is 0.0776. The molecular weight excluding hydrogens is 396 g/mol. The number of carbonyl (C=O) groups is 1. The second kappa shape index (κ2) is 8.32. The van der Waals surface area contributed by atoms with Gasteiger partial charge in [0.15, 0.2) is 0 Å². The van der Waals surface area contributed by atoms with Crippen LogP contribution in [0.2, 0.25) is 0 Å². The number of sulfonamides is 1. The second-order valence-corrected chi connectivity index (χ2v) is 9.37. The number of benzene rings is 3. The summed E-state index contributed by atoms with van der Waals surface area (Å²) < 4.78 is 28.6. The van der Waals surface area contributed by atoms with Gasteiger partial charge in [-0.2, -0.15) is 0 Å². The first kappa shape index (κ1) is 21.6.